The van der Waals surface area contributed by atoms with E-state index in [1.54, 1.807) is 6.20 Å². The summed E-state index contributed by atoms with van der Waals surface area (Å²) in [6.45, 7) is 2.02. The van der Waals surface area contributed by atoms with Gasteiger partial charge in [0.15, 0.2) is 0 Å². The lowest BCUT2D eigenvalue weighted by Crippen LogP contribution is -1.96. The molecular formula is C14H11BrN2. The zero-order valence-corrected chi connectivity index (χ0v) is 11.0. The topological polar surface area (TPSA) is 24.9 Å². The van der Waals surface area contributed by atoms with Crippen molar-refractivity contribution in [2.24, 2.45) is 0 Å². The average Bonchev–Trinajstić information content (AvgIpc) is 2.35. The van der Waals surface area contributed by atoms with Gasteiger partial charge >= 0.3 is 0 Å². The van der Waals surface area contributed by atoms with Gasteiger partial charge in [0.25, 0.3) is 0 Å². The quantitative estimate of drug-likeness (QED) is 0.848. The van der Waals surface area contributed by atoms with E-state index in [0.29, 0.717) is 0 Å². The van der Waals surface area contributed by atoms with Crippen molar-refractivity contribution < 1.29 is 0 Å². The van der Waals surface area contributed by atoms with Crippen LogP contribution < -0.4 is 5.32 Å². The van der Waals surface area contributed by atoms with E-state index in [9.17, 15) is 0 Å². The van der Waals surface area contributed by atoms with E-state index >= 15 is 0 Å². The van der Waals surface area contributed by atoms with Gasteiger partial charge in [-0.05, 0) is 52.7 Å². The van der Waals surface area contributed by atoms with Crippen LogP contribution in [0.2, 0.25) is 0 Å². The number of terminal acetylenes is 1. The molecule has 1 aromatic heterocycles. The minimum Gasteiger partial charge on any atom is -0.339 e. The molecule has 0 amide bonds. The molecule has 2 aromatic rings. The fraction of sp³-hybridized carbons (Fsp3) is 0.0714. The molecule has 1 N–H and O–H groups in total. The highest BCUT2D eigenvalue weighted by Gasteiger charge is 2.04. The number of hydrogen-bond acceptors (Lipinski definition) is 2. The monoisotopic (exact) mass is 286 g/mol. The van der Waals surface area contributed by atoms with Crippen LogP contribution in [-0.2, 0) is 0 Å². The van der Waals surface area contributed by atoms with E-state index in [1.807, 2.05) is 37.3 Å². The van der Waals surface area contributed by atoms with Crippen LogP contribution in [-0.4, -0.2) is 4.98 Å². The zero-order chi connectivity index (χ0) is 12.3. The van der Waals surface area contributed by atoms with Crippen LogP contribution >= 0.6 is 15.9 Å². The molecule has 0 spiro atoms. The van der Waals surface area contributed by atoms with E-state index < -0.39 is 0 Å². The number of anilines is 2. The molecule has 0 bridgehead atoms. The highest BCUT2D eigenvalue weighted by molar-refractivity contribution is 9.10. The zero-order valence-electron chi connectivity index (χ0n) is 9.37. The standard InChI is InChI=1S/C14H11BrN2/c1-3-11-5-4-6-12(9-11)17-14-13(15)10(2)7-8-16-14/h1,4-9H,2H3,(H,16,17). The van der Waals surface area contributed by atoms with Crippen LogP contribution in [0, 0.1) is 19.3 Å². The van der Waals surface area contributed by atoms with E-state index in [0.717, 1.165) is 27.1 Å². The molecule has 0 unspecified atom stereocenters. The van der Waals surface area contributed by atoms with Gasteiger partial charge in [-0.2, -0.15) is 0 Å². The normalized spacial score (nSPS) is 9.71. The summed E-state index contributed by atoms with van der Waals surface area (Å²) in [6.07, 6.45) is 7.13. The predicted molar refractivity (Wildman–Crippen MR) is 74.3 cm³/mol. The Bertz CT molecular complexity index is 585. The van der Waals surface area contributed by atoms with Crippen molar-refractivity contribution in [3.05, 3.63) is 52.1 Å². The Kier molecular flexibility index (Phi) is 3.46. The van der Waals surface area contributed by atoms with Crippen molar-refractivity contribution in [3.8, 4) is 12.3 Å². The highest BCUT2D eigenvalue weighted by Crippen LogP contribution is 2.26. The molecule has 0 radical (unpaired) electrons. The van der Waals surface area contributed by atoms with E-state index in [-0.39, 0.29) is 0 Å². The first-order chi connectivity index (χ1) is 8.20. The van der Waals surface area contributed by atoms with Crippen LogP contribution in [0.15, 0.2) is 41.0 Å². The second-order valence-electron chi connectivity index (χ2n) is 3.64. The van der Waals surface area contributed by atoms with Gasteiger partial charge < -0.3 is 5.32 Å². The lowest BCUT2D eigenvalue weighted by atomic mass is 10.2. The second-order valence-corrected chi connectivity index (χ2v) is 4.43. The van der Waals surface area contributed by atoms with Gasteiger partial charge in [-0.1, -0.05) is 12.0 Å². The van der Waals surface area contributed by atoms with Crippen molar-refractivity contribution in [1.82, 2.24) is 4.98 Å². The van der Waals surface area contributed by atoms with Crippen molar-refractivity contribution >= 4 is 27.4 Å². The fourth-order valence-corrected chi connectivity index (χ4v) is 1.78. The van der Waals surface area contributed by atoms with Crippen molar-refractivity contribution in [2.75, 3.05) is 5.32 Å². The number of aromatic nitrogens is 1. The molecule has 1 heterocycles. The molecule has 0 saturated heterocycles. The number of benzene rings is 1. The Morgan fingerprint density at radius 2 is 2.18 bits per heavy atom. The molecule has 0 aliphatic rings. The maximum absolute atomic E-state index is 5.36. The lowest BCUT2D eigenvalue weighted by molar-refractivity contribution is 1.25. The molecule has 0 saturated carbocycles. The molecule has 0 aliphatic carbocycles. The second kappa shape index (κ2) is 5.03. The first-order valence-electron chi connectivity index (χ1n) is 5.15. The summed E-state index contributed by atoms with van der Waals surface area (Å²) >= 11 is 3.51. The molecule has 2 rings (SSSR count). The number of halogens is 1. The highest BCUT2D eigenvalue weighted by atomic mass is 79.9. The summed E-state index contributed by atoms with van der Waals surface area (Å²) < 4.78 is 0.964. The maximum Gasteiger partial charge on any atom is 0.144 e. The third-order valence-corrected chi connectivity index (χ3v) is 3.38. The third kappa shape index (κ3) is 2.66. The molecule has 0 atom stereocenters. The van der Waals surface area contributed by atoms with Crippen LogP contribution in [0.3, 0.4) is 0 Å². The van der Waals surface area contributed by atoms with E-state index in [4.69, 9.17) is 6.42 Å². The number of pyridine rings is 1. The Morgan fingerprint density at radius 1 is 1.35 bits per heavy atom. The fourth-order valence-electron chi connectivity index (χ4n) is 1.45. The largest absolute Gasteiger partial charge is 0.339 e. The van der Waals surface area contributed by atoms with Gasteiger partial charge in [0.2, 0.25) is 0 Å². The summed E-state index contributed by atoms with van der Waals surface area (Å²) in [5, 5.41) is 3.23. The van der Waals surface area contributed by atoms with Crippen molar-refractivity contribution in [2.45, 2.75) is 6.92 Å². The molecule has 84 valence electrons. The number of hydrogen-bond donors (Lipinski definition) is 1. The number of rotatable bonds is 2. The van der Waals surface area contributed by atoms with Gasteiger partial charge in [-0.3, -0.25) is 0 Å². The van der Waals surface area contributed by atoms with Gasteiger partial charge in [0, 0.05) is 17.4 Å². The lowest BCUT2D eigenvalue weighted by Gasteiger charge is -2.09. The number of aryl methyl sites for hydroxylation is 1. The Hall–Kier alpha value is -1.79. The Balaban J connectivity index is 2.32. The first-order valence-corrected chi connectivity index (χ1v) is 5.95. The summed E-state index contributed by atoms with van der Waals surface area (Å²) in [5.41, 5.74) is 2.91. The van der Waals surface area contributed by atoms with E-state index in [1.165, 1.54) is 0 Å². The summed E-state index contributed by atoms with van der Waals surface area (Å²) in [7, 11) is 0. The SMILES string of the molecule is C#Cc1cccc(Nc2nccc(C)c2Br)c1. The van der Waals surface area contributed by atoms with Crippen LogP contribution in [0.1, 0.15) is 11.1 Å². The van der Waals surface area contributed by atoms with Gasteiger partial charge in [0.05, 0.1) is 4.47 Å². The van der Waals surface area contributed by atoms with Crippen molar-refractivity contribution in [3.63, 3.8) is 0 Å². The molecule has 0 aliphatic heterocycles. The smallest absolute Gasteiger partial charge is 0.144 e. The minimum atomic E-state index is 0.791. The Morgan fingerprint density at radius 3 is 2.94 bits per heavy atom. The molecule has 0 fully saturated rings. The number of nitrogens with one attached hydrogen (secondary N) is 1. The predicted octanol–water partition coefficient (Wildman–Crippen LogP) is 3.88. The Labute approximate surface area is 109 Å². The van der Waals surface area contributed by atoms with Gasteiger partial charge in [-0.25, -0.2) is 4.98 Å². The van der Waals surface area contributed by atoms with E-state index in [2.05, 4.69) is 32.2 Å². The maximum atomic E-state index is 5.36. The molecule has 2 nitrogen and oxygen atoms in total. The van der Waals surface area contributed by atoms with Crippen LogP contribution in [0.25, 0.3) is 0 Å². The van der Waals surface area contributed by atoms with Gasteiger partial charge in [-0.15, -0.1) is 6.42 Å². The average molecular weight is 287 g/mol. The van der Waals surface area contributed by atoms with Crippen LogP contribution in [0.5, 0.6) is 0 Å². The summed E-state index contributed by atoms with van der Waals surface area (Å²) in [5.74, 6) is 3.40. The van der Waals surface area contributed by atoms with Gasteiger partial charge in [0.1, 0.15) is 5.82 Å². The number of nitrogens with zero attached hydrogens (tertiary/aromatic N) is 1. The summed E-state index contributed by atoms with van der Waals surface area (Å²) in [6, 6.07) is 9.63. The molecule has 17 heavy (non-hydrogen) atoms. The molecular weight excluding hydrogens is 276 g/mol. The third-order valence-electron chi connectivity index (χ3n) is 2.37. The summed E-state index contributed by atoms with van der Waals surface area (Å²) in [4.78, 5) is 4.28. The molecule has 1 aromatic carbocycles. The van der Waals surface area contributed by atoms with Crippen molar-refractivity contribution in [1.29, 1.82) is 0 Å². The first kappa shape index (κ1) is 11.7. The minimum absolute atomic E-state index is 0.791. The molecule has 3 heteroatoms. The van der Waals surface area contributed by atoms with Crippen LogP contribution in [0.4, 0.5) is 11.5 Å².